The van der Waals surface area contributed by atoms with E-state index in [9.17, 15) is 22.4 Å². The molecule has 0 radical (unpaired) electrons. The maximum Gasteiger partial charge on any atom is 0.433 e. The average molecular weight is 395 g/mol. The van der Waals surface area contributed by atoms with Crippen LogP contribution in [-0.4, -0.2) is 34.2 Å². The van der Waals surface area contributed by atoms with Gasteiger partial charge in [-0.25, -0.2) is 14.4 Å². The molecule has 0 atom stereocenters. The predicted octanol–water partition coefficient (Wildman–Crippen LogP) is 4.48. The number of carbonyl (C=O) groups is 1. The van der Waals surface area contributed by atoms with E-state index in [2.05, 4.69) is 9.97 Å². The molecule has 3 heterocycles. The summed E-state index contributed by atoms with van der Waals surface area (Å²) in [6, 6.07) is 5.65. The Balaban J connectivity index is 1.71. The Morgan fingerprint density at radius 1 is 1.18 bits per heavy atom. The van der Waals surface area contributed by atoms with Gasteiger partial charge in [0.1, 0.15) is 11.4 Å². The third kappa shape index (κ3) is 4.85. The summed E-state index contributed by atoms with van der Waals surface area (Å²) in [6.07, 6.45) is 0.770. The number of allylic oxidation sites excluding steroid dienone is 1. The van der Waals surface area contributed by atoms with Crippen LogP contribution in [0.4, 0.5) is 17.6 Å². The minimum absolute atomic E-state index is 0.0926. The topological polar surface area (TPSA) is 55.3 Å². The van der Waals surface area contributed by atoms with Gasteiger partial charge in [0, 0.05) is 31.0 Å². The second-order valence-corrected chi connectivity index (χ2v) is 6.32. The summed E-state index contributed by atoms with van der Waals surface area (Å²) in [5.41, 5.74) is -0.175. The van der Waals surface area contributed by atoms with E-state index in [1.165, 1.54) is 18.5 Å². The van der Waals surface area contributed by atoms with E-state index in [0.717, 1.165) is 17.8 Å². The molecule has 0 spiro atoms. The standard InChI is InChI=1S/C19H17F4N3O2/c20-14(12-27)11-26-8-5-13(6-9-26)16-2-1-7-24-18(16)28-15-3-4-17(25-10-15)19(21,22)23/h1-4,7,10-13H,5-6,8-9H2. The number of alkyl halides is 3. The van der Waals surface area contributed by atoms with Gasteiger partial charge in [0.2, 0.25) is 5.88 Å². The molecule has 0 saturated carbocycles. The van der Waals surface area contributed by atoms with Crippen molar-refractivity contribution in [1.29, 1.82) is 0 Å². The fourth-order valence-corrected chi connectivity index (χ4v) is 3.06. The summed E-state index contributed by atoms with van der Waals surface area (Å²) in [4.78, 5) is 19.7. The number of nitrogens with zero attached hydrogens (tertiary/aromatic N) is 3. The van der Waals surface area contributed by atoms with Crippen LogP contribution in [0.3, 0.4) is 0 Å². The van der Waals surface area contributed by atoms with Crippen molar-refractivity contribution in [3.8, 4) is 11.6 Å². The maximum absolute atomic E-state index is 13.1. The van der Waals surface area contributed by atoms with E-state index in [1.54, 1.807) is 11.0 Å². The first-order valence-electron chi connectivity index (χ1n) is 8.59. The van der Waals surface area contributed by atoms with Crippen molar-refractivity contribution in [2.45, 2.75) is 24.9 Å². The number of piperidine rings is 1. The summed E-state index contributed by atoms with van der Waals surface area (Å²) in [6.45, 7) is 1.12. The molecule has 3 rings (SSSR count). The zero-order valence-electron chi connectivity index (χ0n) is 14.7. The van der Waals surface area contributed by atoms with Gasteiger partial charge < -0.3 is 9.64 Å². The first kappa shape index (κ1) is 19.8. The lowest BCUT2D eigenvalue weighted by Crippen LogP contribution is -2.29. The van der Waals surface area contributed by atoms with Crippen LogP contribution in [0.2, 0.25) is 0 Å². The summed E-state index contributed by atoms with van der Waals surface area (Å²) >= 11 is 0. The Morgan fingerprint density at radius 3 is 2.54 bits per heavy atom. The van der Waals surface area contributed by atoms with E-state index in [-0.39, 0.29) is 18.0 Å². The fraction of sp³-hybridized carbons (Fsp3) is 0.316. The van der Waals surface area contributed by atoms with E-state index in [0.29, 0.717) is 31.8 Å². The number of rotatable bonds is 5. The first-order chi connectivity index (χ1) is 13.4. The normalized spacial score (nSPS) is 16.1. The van der Waals surface area contributed by atoms with Gasteiger partial charge in [0.05, 0.1) is 6.20 Å². The molecule has 1 saturated heterocycles. The van der Waals surface area contributed by atoms with Crippen LogP contribution in [-0.2, 0) is 11.0 Å². The van der Waals surface area contributed by atoms with E-state index in [4.69, 9.17) is 4.74 Å². The molecule has 1 aliphatic rings. The smallest absolute Gasteiger partial charge is 0.433 e. The molecule has 0 unspecified atom stereocenters. The predicted molar refractivity (Wildman–Crippen MR) is 92.4 cm³/mol. The van der Waals surface area contributed by atoms with Gasteiger partial charge in [-0.1, -0.05) is 6.07 Å². The van der Waals surface area contributed by atoms with Crippen LogP contribution < -0.4 is 4.74 Å². The lowest BCUT2D eigenvalue weighted by Gasteiger charge is -2.31. The number of pyridine rings is 2. The molecule has 0 aliphatic carbocycles. The molecule has 0 amide bonds. The molecular formula is C19H17F4N3O2. The lowest BCUT2D eigenvalue weighted by atomic mass is 9.90. The highest BCUT2D eigenvalue weighted by molar-refractivity contribution is 5.69. The van der Waals surface area contributed by atoms with Gasteiger partial charge in [0.15, 0.2) is 12.1 Å². The zero-order valence-corrected chi connectivity index (χ0v) is 14.7. The molecule has 0 N–H and O–H groups in total. The Morgan fingerprint density at radius 2 is 1.93 bits per heavy atom. The Kier molecular flexibility index (Phi) is 5.91. The van der Waals surface area contributed by atoms with Crippen molar-refractivity contribution in [2.24, 2.45) is 0 Å². The Hall–Kier alpha value is -2.97. The Bertz CT molecular complexity index is 845. The molecule has 0 bridgehead atoms. The van der Waals surface area contributed by atoms with Gasteiger partial charge in [0.25, 0.3) is 0 Å². The molecule has 0 aromatic carbocycles. The number of aromatic nitrogens is 2. The first-order valence-corrected chi connectivity index (χ1v) is 8.59. The van der Waals surface area contributed by atoms with E-state index >= 15 is 0 Å². The van der Waals surface area contributed by atoms with Gasteiger partial charge in [-0.15, -0.1) is 0 Å². The average Bonchev–Trinajstić information content (AvgIpc) is 2.69. The van der Waals surface area contributed by atoms with Crippen LogP contribution >= 0.6 is 0 Å². The number of carbonyl (C=O) groups excluding carboxylic acids is 1. The van der Waals surface area contributed by atoms with Gasteiger partial charge in [-0.05, 0) is 37.0 Å². The van der Waals surface area contributed by atoms with Crippen LogP contribution in [0, 0.1) is 0 Å². The molecule has 148 valence electrons. The SMILES string of the molecule is O=CC(F)=CN1CCC(c2cccnc2Oc2ccc(C(F)(F)F)nc2)CC1. The molecule has 2 aromatic heterocycles. The highest BCUT2D eigenvalue weighted by Gasteiger charge is 2.32. The minimum atomic E-state index is -4.51. The lowest BCUT2D eigenvalue weighted by molar-refractivity contribution is -0.141. The monoisotopic (exact) mass is 395 g/mol. The van der Waals surface area contributed by atoms with Crippen molar-refractivity contribution in [3.63, 3.8) is 0 Å². The molecular weight excluding hydrogens is 378 g/mol. The molecule has 2 aromatic rings. The number of halogens is 4. The summed E-state index contributed by atoms with van der Waals surface area (Å²) in [7, 11) is 0. The summed E-state index contributed by atoms with van der Waals surface area (Å²) in [5, 5.41) is 0. The van der Waals surface area contributed by atoms with Crippen LogP contribution in [0.5, 0.6) is 11.6 Å². The highest BCUT2D eigenvalue weighted by Crippen LogP contribution is 2.35. The third-order valence-electron chi connectivity index (χ3n) is 4.43. The van der Waals surface area contributed by atoms with E-state index in [1.807, 2.05) is 6.07 Å². The van der Waals surface area contributed by atoms with Gasteiger partial charge >= 0.3 is 6.18 Å². The van der Waals surface area contributed by atoms with Crippen molar-refractivity contribution in [3.05, 3.63) is 59.9 Å². The van der Waals surface area contributed by atoms with Crippen molar-refractivity contribution in [1.82, 2.24) is 14.9 Å². The van der Waals surface area contributed by atoms with Crippen molar-refractivity contribution in [2.75, 3.05) is 13.1 Å². The van der Waals surface area contributed by atoms with E-state index < -0.39 is 17.7 Å². The molecule has 1 fully saturated rings. The summed E-state index contributed by atoms with van der Waals surface area (Å²) < 4.78 is 56.6. The van der Waals surface area contributed by atoms with Crippen LogP contribution in [0.25, 0.3) is 0 Å². The maximum atomic E-state index is 13.1. The molecule has 1 aliphatic heterocycles. The number of ether oxygens (including phenoxy) is 1. The highest BCUT2D eigenvalue weighted by atomic mass is 19.4. The number of aldehydes is 1. The quantitative estimate of drug-likeness (QED) is 0.425. The van der Waals surface area contributed by atoms with Gasteiger partial charge in [-0.2, -0.15) is 13.2 Å². The largest absolute Gasteiger partial charge is 0.437 e. The Labute approximate surface area is 158 Å². The van der Waals surface area contributed by atoms with Crippen LogP contribution in [0.1, 0.15) is 30.0 Å². The van der Waals surface area contributed by atoms with Gasteiger partial charge in [-0.3, -0.25) is 4.79 Å². The van der Waals surface area contributed by atoms with Crippen molar-refractivity contribution >= 4 is 6.29 Å². The number of likely N-dealkylation sites (tertiary alicyclic amines) is 1. The second-order valence-electron chi connectivity index (χ2n) is 6.32. The zero-order chi connectivity index (χ0) is 20.1. The second kappa shape index (κ2) is 8.37. The summed E-state index contributed by atoms with van der Waals surface area (Å²) in [5.74, 6) is -0.271. The molecule has 9 heteroatoms. The van der Waals surface area contributed by atoms with Crippen LogP contribution in [0.15, 0.2) is 48.7 Å². The van der Waals surface area contributed by atoms with Crippen molar-refractivity contribution < 1.29 is 27.1 Å². The third-order valence-corrected chi connectivity index (χ3v) is 4.43. The number of hydrogen-bond acceptors (Lipinski definition) is 5. The molecule has 5 nitrogen and oxygen atoms in total. The fourth-order valence-electron chi connectivity index (χ4n) is 3.06. The number of hydrogen-bond donors (Lipinski definition) is 0. The molecule has 28 heavy (non-hydrogen) atoms. The minimum Gasteiger partial charge on any atom is -0.437 e.